The highest BCUT2D eigenvalue weighted by atomic mass is 32.2. The fraction of sp³-hybridized carbons (Fsp3) is 0.526. The molecule has 8 heteroatoms. The molecule has 2 fully saturated rings. The van der Waals surface area contributed by atoms with Crippen LogP contribution in [0.1, 0.15) is 37.7 Å². The Hall–Kier alpha value is -2.40. The third kappa shape index (κ3) is 4.86. The summed E-state index contributed by atoms with van der Waals surface area (Å²) in [6.07, 6.45) is 2.87. The number of sulfone groups is 1. The van der Waals surface area contributed by atoms with E-state index in [1.165, 1.54) is 0 Å². The largest absolute Gasteiger partial charge is 0.352 e. The minimum Gasteiger partial charge on any atom is -0.352 e. The van der Waals surface area contributed by atoms with Gasteiger partial charge in [0.25, 0.3) is 0 Å². The molecule has 1 aromatic rings. The van der Waals surface area contributed by atoms with Crippen LogP contribution in [0.3, 0.4) is 0 Å². The molecule has 27 heavy (non-hydrogen) atoms. The van der Waals surface area contributed by atoms with Crippen molar-refractivity contribution in [1.82, 2.24) is 5.32 Å². The Kier molecular flexibility index (Phi) is 5.80. The molecule has 3 rings (SSSR count). The average molecular weight is 389 g/mol. The van der Waals surface area contributed by atoms with Crippen molar-refractivity contribution >= 4 is 27.3 Å². The molecular formula is C19H23N3O4S. The smallest absolute Gasteiger partial charge is 0.227 e. The van der Waals surface area contributed by atoms with Crippen molar-refractivity contribution in [3.63, 3.8) is 0 Å². The van der Waals surface area contributed by atoms with Crippen LogP contribution in [-0.4, -0.2) is 37.8 Å². The predicted octanol–water partition coefficient (Wildman–Crippen LogP) is 1.61. The summed E-state index contributed by atoms with van der Waals surface area (Å²) in [5, 5.41) is 14.8. The zero-order valence-electron chi connectivity index (χ0n) is 15.0. The van der Waals surface area contributed by atoms with Crippen LogP contribution in [0.15, 0.2) is 24.3 Å². The molecule has 1 unspecified atom stereocenters. The molecule has 1 aliphatic heterocycles. The van der Waals surface area contributed by atoms with Crippen LogP contribution in [0.25, 0.3) is 0 Å². The lowest BCUT2D eigenvalue weighted by molar-refractivity contribution is -0.129. The van der Waals surface area contributed by atoms with Crippen molar-refractivity contribution in [3.8, 4) is 6.07 Å². The number of carbonyl (C=O) groups excluding carboxylic acids is 2. The second-order valence-electron chi connectivity index (χ2n) is 7.30. The Bertz CT molecular complexity index is 867. The number of nitrogens with one attached hydrogen (secondary N) is 2. The van der Waals surface area contributed by atoms with E-state index in [1.54, 1.807) is 24.3 Å². The van der Waals surface area contributed by atoms with Gasteiger partial charge in [-0.2, -0.15) is 5.26 Å². The molecule has 144 valence electrons. The van der Waals surface area contributed by atoms with Gasteiger partial charge >= 0.3 is 0 Å². The molecule has 2 aliphatic rings. The SMILES string of the molecule is N#Cc1ccccc1NC(=O)C1CCC(C(=O)NC2CCS(=O)(=O)C2)CC1. The highest BCUT2D eigenvalue weighted by Gasteiger charge is 2.33. The van der Waals surface area contributed by atoms with Gasteiger partial charge in [-0.15, -0.1) is 0 Å². The highest BCUT2D eigenvalue weighted by molar-refractivity contribution is 7.91. The number of para-hydroxylation sites is 1. The fourth-order valence-corrected chi connectivity index (χ4v) is 5.44. The average Bonchev–Trinajstić information content (AvgIpc) is 3.00. The van der Waals surface area contributed by atoms with Gasteiger partial charge in [-0.25, -0.2) is 8.42 Å². The van der Waals surface area contributed by atoms with Gasteiger partial charge in [-0.05, 0) is 44.2 Å². The summed E-state index contributed by atoms with van der Waals surface area (Å²) in [5.41, 5.74) is 0.928. The van der Waals surface area contributed by atoms with E-state index in [1.807, 2.05) is 0 Å². The van der Waals surface area contributed by atoms with Crippen LogP contribution in [0.2, 0.25) is 0 Å². The molecule has 1 saturated carbocycles. The number of hydrogen-bond donors (Lipinski definition) is 2. The van der Waals surface area contributed by atoms with Gasteiger partial charge < -0.3 is 10.6 Å². The van der Waals surface area contributed by atoms with E-state index >= 15 is 0 Å². The summed E-state index contributed by atoms with van der Waals surface area (Å²) >= 11 is 0. The summed E-state index contributed by atoms with van der Waals surface area (Å²) in [7, 11) is -3.02. The normalized spacial score (nSPS) is 26.7. The van der Waals surface area contributed by atoms with E-state index in [0.717, 1.165) is 0 Å². The Morgan fingerprint density at radius 1 is 1.00 bits per heavy atom. The molecule has 7 nitrogen and oxygen atoms in total. The van der Waals surface area contributed by atoms with Crippen molar-refractivity contribution in [2.24, 2.45) is 11.8 Å². The Labute approximate surface area is 159 Å². The van der Waals surface area contributed by atoms with Crippen molar-refractivity contribution < 1.29 is 18.0 Å². The van der Waals surface area contributed by atoms with Crippen molar-refractivity contribution in [2.45, 2.75) is 38.1 Å². The molecule has 0 spiro atoms. The van der Waals surface area contributed by atoms with Gasteiger partial charge in [0.15, 0.2) is 9.84 Å². The second-order valence-corrected chi connectivity index (χ2v) is 9.53. The van der Waals surface area contributed by atoms with Crippen molar-refractivity contribution in [3.05, 3.63) is 29.8 Å². The van der Waals surface area contributed by atoms with E-state index in [0.29, 0.717) is 43.4 Å². The van der Waals surface area contributed by atoms with Crippen molar-refractivity contribution in [2.75, 3.05) is 16.8 Å². The first-order valence-corrected chi connectivity index (χ1v) is 11.0. The number of nitriles is 1. The Morgan fingerprint density at radius 3 is 2.22 bits per heavy atom. The van der Waals surface area contributed by atoms with E-state index in [4.69, 9.17) is 5.26 Å². The van der Waals surface area contributed by atoms with Gasteiger partial charge in [0.1, 0.15) is 6.07 Å². The number of nitrogens with zero attached hydrogens (tertiary/aromatic N) is 1. The number of benzene rings is 1. The second kappa shape index (κ2) is 8.09. The van der Waals surface area contributed by atoms with E-state index in [9.17, 15) is 18.0 Å². The summed E-state index contributed by atoms with van der Waals surface area (Å²) in [6, 6.07) is 8.63. The number of rotatable bonds is 4. The molecule has 0 bridgehead atoms. The number of anilines is 1. The van der Waals surface area contributed by atoms with E-state index in [2.05, 4.69) is 16.7 Å². The predicted molar refractivity (Wildman–Crippen MR) is 100 cm³/mol. The quantitative estimate of drug-likeness (QED) is 0.811. The zero-order chi connectivity index (χ0) is 19.4. The Balaban J connectivity index is 1.49. The first-order chi connectivity index (χ1) is 12.9. The third-order valence-corrected chi connectivity index (χ3v) is 7.12. The minimum absolute atomic E-state index is 0.0226. The first kappa shape index (κ1) is 19.4. The lowest BCUT2D eigenvalue weighted by Gasteiger charge is -2.28. The van der Waals surface area contributed by atoms with Gasteiger partial charge in [0, 0.05) is 17.9 Å². The van der Waals surface area contributed by atoms with Crippen LogP contribution in [-0.2, 0) is 19.4 Å². The number of hydrogen-bond acceptors (Lipinski definition) is 5. The van der Waals surface area contributed by atoms with Crippen LogP contribution in [0.4, 0.5) is 5.69 Å². The maximum atomic E-state index is 12.5. The molecule has 1 saturated heterocycles. The van der Waals surface area contributed by atoms with Gasteiger partial charge in [-0.3, -0.25) is 9.59 Å². The van der Waals surface area contributed by atoms with Crippen LogP contribution < -0.4 is 10.6 Å². The lowest BCUT2D eigenvalue weighted by Crippen LogP contribution is -2.41. The maximum absolute atomic E-state index is 12.5. The first-order valence-electron chi connectivity index (χ1n) is 9.19. The van der Waals surface area contributed by atoms with Gasteiger partial charge in [0.05, 0.1) is 22.8 Å². The summed E-state index contributed by atoms with van der Waals surface area (Å²) < 4.78 is 23.0. The van der Waals surface area contributed by atoms with Gasteiger partial charge in [-0.1, -0.05) is 12.1 Å². The van der Waals surface area contributed by atoms with Crippen LogP contribution in [0, 0.1) is 23.2 Å². The summed E-state index contributed by atoms with van der Waals surface area (Å²) in [5.74, 6) is -0.440. The fourth-order valence-electron chi connectivity index (χ4n) is 3.77. The molecule has 1 aromatic carbocycles. The van der Waals surface area contributed by atoms with Crippen LogP contribution >= 0.6 is 0 Å². The molecule has 1 aliphatic carbocycles. The third-order valence-electron chi connectivity index (χ3n) is 5.35. The summed E-state index contributed by atoms with van der Waals surface area (Å²) in [4.78, 5) is 24.8. The molecule has 1 atom stereocenters. The van der Waals surface area contributed by atoms with E-state index < -0.39 is 9.84 Å². The standard InChI is InChI=1S/C19H23N3O4S/c20-11-15-3-1-2-4-17(15)22-19(24)14-7-5-13(6-8-14)18(23)21-16-9-10-27(25,26)12-16/h1-4,13-14,16H,5-10,12H2,(H,21,23)(H,22,24). The van der Waals surface area contributed by atoms with E-state index in [-0.39, 0.29) is 41.2 Å². The molecule has 1 heterocycles. The summed E-state index contributed by atoms with van der Waals surface area (Å²) in [6.45, 7) is 0. The van der Waals surface area contributed by atoms with Gasteiger partial charge in [0.2, 0.25) is 11.8 Å². The molecule has 2 amide bonds. The topological polar surface area (TPSA) is 116 Å². The maximum Gasteiger partial charge on any atom is 0.227 e. The molecule has 2 N–H and O–H groups in total. The lowest BCUT2D eigenvalue weighted by atomic mass is 9.81. The molecule has 0 radical (unpaired) electrons. The van der Waals surface area contributed by atoms with Crippen molar-refractivity contribution in [1.29, 1.82) is 5.26 Å². The monoisotopic (exact) mass is 389 g/mol. The number of carbonyl (C=O) groups is 2. The molecular weight excluding hydrogens is 366 g/mol. The molecule has 0 aromatic heterocycles. The Morgan fingerprint density at radius 2 is 1.63 bits per heavy atom. The number of amides is 2. The highest BCUT2D eigenvalue weighted by Crippen LogP contribution is 2.30. The minimum atomic E-state index is -3.02. The van der Waals surface area contributed by atoms with Crippen LogP contribution in [0.5, 0.6) is 0 Å². The zero-order valence-corrected chi connectivity index (χ0v) is 15.8.